The average Bonchev–Trinajstić information content (AvgIpc) is 3.19. The van der Waals surface area contributed by atoms with Crippen molar-refractivity contribution in [1.82, 2.24) is 5.32 Å². The molecule has 2 atom stereocenters. The quantitative estimate of drug-likeness (QED) is 0.449. The van der Waals surface area contributed by atoms with Crippen LogP contribution in [0.2, 0.25) is 0 Å². The first-order chi connectivity index (χ1) is 16.9. The van der Waals surface area contributed by atoms with Gasteiger partial charge in [-0.25, -0.2) is 9.59 Å². The Kier molecular flexibility index (Phi) is 7.12. The number of rotatable bonds is 8. The van der Waals surface area contributed by atoms with Crippen LogP contribution in [0, 0.1) is 0 Å². The van der Waals surface area contributed by atoms with Gasteiger partial charge in [-0.2, -0.15) is 0 Å². The zero-order valence-corrected chi connectivity index (χ0v) is 19.4. The maximum Gasteiger partial charge on any atom is 0.411 e. The van der Waals surface area contributed by atoms with Gasteiger partial charge in [0.15, 0.2) is 6.04 Å². The standard InChI is InChI=1S/C27H26N2O6/c1-16(34-2)24(26(31)32)29-25(30)21-13-7-8-14-23(21)28-27(33)35-15-22-19-11-5-3-9-17(19)18-10-4-6-12-20(18)22/h3-14,16,22,24H,15H2,1-2H3,(H,28,33)(H,29,30)(H,31,32)/t16-,24+/m1/s1. The minimum atomic E-state index is -1.25. The van der Waals surface area contributed by atoms with Gasteiger partial charge in [0.05, 0.1) is 17.4 Å². The van der Waals surface area contributed by atoms with Crippen molar-refractivity contribution in [2.45, 2.75) is 25.0 Å². The molecule has 8 heteroatoms. The van der Waals surface area contributed by atoms with Crippen molar-refractivity contribution < 1.29 is 29.0 Å². The first-order valence-electron chi connectivity index (χ1n) is 11.2. The van der Waals surface area contributed by atoms with Crippen molar-refractivity contribution in [3.8, 4) is 11.1 Å². The maximum atomic E-state index is 12.8. The van der Waals surface area contributed by atoms with Crippen LogP contribution in [-0.2, 0) is 14.3 Å². The van der Waals surface area contributed by atoms with E-state index in [2.05, 4.69) is 22.8 Å². The summed E-state index contributed by atoms with van der Waals surface area (Å²) in [5.41, 5.74) is 4.74. The fourth-order valence-electron chi connectivity index (χ4n) is 4.27. The van der Waals surface area contributed by atoms with Gasteiger partial charge in [0.2, 0.25) is 0 Å². The van der Waals surface area contributed by atoms with E-state index < -0.39 is 30.1 Å². The summed E-state index contributed by atoms with van der Waals surface area (Å²) < 4.78 is 10.6. The molecule has 0 unspecified atom stereocenters. The van der Waals surface area contributed by atoms with Crippen LogP contribution in [0.3, 0.4) is 0 Å². The van der Waals surface area contributed by atoms with Crippen molar-refractivity contribution in [3.05, 3.63) is 89.5 Å². The third-order valence-electron chi connectivity index (χ3n) is 6.15. The van der Waals surface area contributed by atoms with Gasteiger partial charge < -0.3 is 19.9 Å². The summed E-state index contributed by atoms with van der Waals surface area (Å²) in [4.78, 5) is 37.0. The lowest BCUT2D eigenvalue weighted by atomic mass is 9.98. The van der Waals surface area contributed by atoms with Gasteiger partial charge in [-0.1, -0.05) is 60.7 Å². The van der Waals surface area contributed by atoms with Gasteiger partial charge in [0.1, 0.15) is 6.61 Å². The first-order valence-corrected chi connectivity index (χ1v) is 11.2. The monoisotopic (exact) mass is 474 g/mol. The van der Waals surface area contributed by atoms with Crippen LogP contribution in [0.25, 0.3) is 11.1 Å². The molecule has 0 radical (unpaired) electrons. The minimum Gasteiger partial charge on any atom is -0.480 e. The molecule has 3 aromatic carbocycles. The Morgan fingerprint density at radius 2 is 1.49 bits per heavy atom. The Labute approximate surface area is 202 Å². The number of carboxylic acids is 1. The summed E-state index contributed by atoms with van der Waals surface area (Å²) in [6.45, 7) is 1.67. The van der Waals surface area contributed by atoms with Crippen LogP contribution < -0.4 is 10.6 Å². The molecule has 180 valence electrons. The number of hydrogen-bond acceptors (Lipinski definition) is 5. The molecule has 3 N–H and O–H groups in total. The van der Waals surface area contributed by atoms with E-state index in [0.717, 1.165) is 22.3 Å². The van der Waals surface area contributed by atoms with E-state index in [0.29, 0.717) is 0 Å². The average molecular weight is 475 g/mol. The number of amides is 2. The summed E-state index contributed by atoms with van der Waals surface area (Å²) in [5, 5.41) is 14.5. The molecule has 0 bridgehead atoms. The highest BCUT2D eigenvalue weighted by atomic mass is 16.5. The molecule has 0 spiro atoms. The Balaban J connectivity index is 1.45. The molecule has 35 heavy (non-hydrogen) atoms. The van der Waals surface area contributed by atoms with Gasteiger partial charge in [0, 0.05) is 13.0 Å². The van der Waals surface area contributed by atoms with E-state index in [-0.39, 0.29) is 23.8 Å². The number of fused-ring (bicyclic) bond motifs is 3. The summed E-state index contributed by atoms with van der Waals surface area (Å²) in [6, 6.07) is 21.1. The van der Waals surface area contributed by atoms with E-state index in [9.17, 15) is 19.5 Å². The van der Waals surface area contributed by atoms with Gasteiger partial charge in [0.25, 0.3) is 5.91 Å². The second-order valence-electron chi connectivity index (χ2n) is 8.23. The molecular formula is C27H26N2O6. The Hall–Kier alpha value is -4.17. The number of nitrogens with one attached hydrogen (secondary N) is 2. The Morgan fingerprint density at radius 1 is 0.914 bits per heavy atom. The summed E-state index contributed by atoms with van der Waals surface area (Å²) in [6.07, 6.45) is -1.47. The molecule has 3 aromatic rings. The molecule has 0 aliphatic heterocycles. The number of aliphatic carboxylic acids is 1. The zero-order chi connectivity index (χ0) is 24.9. The van der Waals surface area contributed by atoms with Crippen molar-refractivity contribution in [1.29, 1.82) is 0 Å². The van der Waals surface area contributed by atoms with Crippen LogP contribution in [0.15, 0.2) is 72.8 Å². The molecule has 0 saturated heterocycles. The van der Waals surface area contributed by atoms with Gasteiger partial charge in [-0.15, -0.1) is 0 Å². The molecule has 0 aromatic heterocycles. The van der Waals surface area contributed by atoms with Crippen LogP contribution in [-0.4, -0.2) is 48.9 Å². The predicted molar refractivity (Wildman–Crippen MR) is 130 cm³/mol. The molecule has 0 fully saturated rings. The Bertz CT molecular complexity index is 1210. The number of para-hydroxylation sites is 1. The molecule has 0 heterocycles. The van der Waals surface area contributed by atoms with Crippen LogP contribution >= 0.6 is 0 Å². The van der Waals surface area contributed by atoms with Gasteiger partial charge in [-0.05, 0) is 41.3 Å². The first kappa shape index (κ1) is 24.0. The number of hydrogen-bond donors (Lipinski definition) is 3. The Morgan fingerprint density at radius 3 is 2.09 bits per heavy atom. The normalized spacial score (nSPS) is 13.8. The van der Waals surface area contributed by atoms with Gasteiger partial charge >= 0.3 is 12.1 Å². The number of methoxy groups -OCH3 is 1. The van der Waals surface area contributed by atoms with Crippen molar-refractivity contribution in [3.63, 3.8) is 0 Å². The van der Waals surface area contributed by atoms with Crippen molar-refractivity contribution in [2.75, 3.05) is 19.0 Å². The highest BCUT2D eigenvalue weighted by molar-refractivity contribution is 6.04. The van der Waals surface area contributed by atoms with Crippen LogP contribution in [0.5, 0.6) is 0 Å². The second-order valence-corrected chi connectivity index (χ2v) is 8.23. The summed E-state index contributed by atoms with van der Waals surface area (Å²) in [5.74, 6) is -1.98. The van der Waals surface area contributed by atoms with E-state index in [1.807, 2.05) is 36.4 Å². The second kappa shape index (κ2) is 10.4. The SMILES string of the molecule is CO[C@H](C)[C@H](NC(=O)c1ccccc1NC(=O)OCC1c2ccccc2-c2ccccc21)C(=O)O. The van der Waals surface area contributed by atoms with Crippen LogP contribution in [0.1, 0.15) is 34.3 Å². The smallest absolute Gasteiger partial charge is 0.411 e. The van der Waals surface area contributed by atoms with E-state index >= 15 is 0 Å². The number of ether oxygens (including phenoxy) is 2. The third-order valence-corrected chi connectivity index (χ3v) is 6.15. The molecule has 4 rings (SSSR count). The molecule has 1 aliphatic carbocycles. The molecule has 0 saturated carbocycles. The third kappa shape index (κ3) is 5.02. The number of carbonyl (C=O) groups excluding carboxylic acids is 2. The number of benzene rings is 3. The predicted octanol–water partition coefficient (Wildman–Crippen LogP) is 4.27. The van der Waals surface area contributed by atoms with E-state index in [1.165, 1.54) is 13.2 Å². The minimum absolute atomic E-state index is 0.0986. The maximum absolute atomic E-state index is 12.8. The highest BCUT2D eigenvalue weighted by Crippen LogP contribution is 2.44. The highest BCUT2D eigenvalue weighted by Gasteiger charge is 2.30. The van der Waals surface area contributed by atoms with Crippen molar-refractivity contribution in [2.24, 2.45) is 0 Å². The lowest BCUT2D eigenvalue weighted by Gasteiger charge is -2.21. The lowest BCUT2D eigenvalue weighted by molar-refractivity contribution is -0.142. The topological polar surface area (TPSA) is 114 Å². The fraction of sp³-hybridized carbons (Fsp3) is 0.222. The molecular weight excluding hydrogens is 448 g/mol. The van der Waals surface area contributed by atoms with E-state index in [1.54, 1.807) is 25.1 Å². The van der Waals surface area contributed by atoms with Crippen LogP contribution in [0.4, 0.5) is 10.5 Å². The number of carboxylic acid groups (broad SMARTS) is 1. The molecule has 2 amide bonds. The van der Waals surface area contributed by atoms with Gasteiger partial charge in [-0.3, -0.25) is 10.1 Å². The van der Waals surface area contributed by atoms with E-state index in [4.69, 9.17) is 9.47 Å². The lowest BCUT2D eigenvalue weighted by Crippen LogP contribution is -2.48. The largest absolute Gasteiger partial charge is 0.480 e. The summed E-state index contributed by atoms with van der Waals surface area (Å²) in [7, 11) is 1.36. The zero-order valence-electron chi connectivity index (χ0n) is 19.4. The number of carbonyl (C=O) groups is 3. The molecule has 1 aliphatic rings. The summed E-state index contributed by atoms with van der Waals surface area (Å²) >= 11 is 0. The number of anilines is 1. The molecule has 8 nitrogen and oxygen atoms in total. The fourth-order valence-corrected chi connectivity index (χ4v) is 4.27. The van der Waals surface area contributed by atoms with Crippen molar-refractivity contribution >= 4 is 23.7 Å².